The van der Waals surface area contributed by atoms with E-state index in [0.717, 1.165) is 23.6 Å². The Balaban J connectivity index is 2.24. The predicted octanol–water partition coefficient (Wildman–Crippen LogP) is 2.97. The van der Waals surface area contributed by atoms with Crippen LogP contribution < -0.4 is 4.74 Å². The van der Waals surface area contributed by atoms with Crippen molar-refractivity contribution in [3.8, 4) is 11.4 Å². The predicted molar refractivity (Wildman–Crippen MR) is 66.8 cm³/mol. The Morgan fingerprint density at radius 1 is 1.35 bits per heavy atom. The number of benzene rings is 1. The van der Waals surface area contributed by atoms with Crippen molar-refractivity contribution >= 4 is 11.6 Å². The summed E-state index contributed by atoms with van der Waals surface area (Å²) in [5.74, 6) is 0.817. The molecule has 1 unspecified atom stereocenters. The molecule has 1 aromatic carbocycles. The van der Waals surface area contributed by atoms with E-state index >= 15 is 0 Å². The average Bonchev–Trinajstić information content (AvgIpc) is 2.87. The van der Waals surface area contributed by atoms with Crippen molar-refractivity contribution < 1.29 is 4.74 Å². The van der Waals surface area contributed by atoms with Crippen LogP contribution in [0.2, 0.25) is 0 Å². The SMILES string of the molecule is CCC(Cl)c1cn(-c2ccc(OC)cc2)nn1. The number of aromatic nitrogens is 3. The van der Waals surface area contributed by atoms with Gasteiger partial charge in [0.15, 0.2) is 0 Å². The molecule has 0 aliphatic rings. The van der Waals surface area contributed by atoms with Crippen LogP contribution in [0.25, 0.3) is 5.69 Å². The van der Waals surface area contributed by atoms with Crippen molar-refractivity contribution in [3.63, 3.8) is 0 Å². The first kappa shape index (κ1) is 11.9. The van der Waals surface area contributed by atoms with Gasteiger partial charge >= 0.3 is 0 Å². The fourth-order valence-corrected chi connectivity index (χ4v) is 1.59. The summed E-state index contributed by atoms with van der Waals surface area (Å²) in [6.07, 6.45) is 2.69. The molecule has 0 radical (unpaired) electrons. The molecule has 0 N–H and O–H groups in total. The van der Waals surface area contributed by atoms with E-state index in [-0.39, 0.29) is 5.38 Å². The molecule has 2 aromatic rings. The summed E-state index contributed by atoms with van der Waals surface area (Å²) < 4.78 is 6.81. The molecule has 0 amide bonds. The Morgan fingerprint density at radius 3 is 2.65 bits per heavy atom. The van der Waals surface area contributed by atoms with Gasteiger partial charge in [0.05, 0.1) is 24.4 Å². The Bertz CT molecular complexity index is 481. The average molecular weight is 252 g/mol. The molecule has 17 heavy (non-hydrogen) atoms. The molecular weight excluding hydrogens is 238 g/mol. The van der Waals surface area contributed by atoms with Crippen molar-refractivity contribution in [2.75, 3.05) is 7.11 Å². The van der Waals surface area contributed by atoms with Crippen LogP contribution in [0.5, 0.6) is 5.75 Å². The highest BCUT2D eigenvalue weighted by atomic mass is 35.5. The number of nitrogens with zero attached hydrogens (tertiary/aromatic N) is 3. The van der Waals surface area contributed by atoms with Crippen molar-refractivity contribution in [2.45, 2.75) is 18.7 Å². The first-order valence-electron chi connectivity index (χ1n) is 5.45. The van der Waals surface area contributed by atoms with E-state index in [1.807, 2.05) is 37.4 Å². The van der Waals surface area contributed by atoms with Crippen molar-refractivity contribution in [3.05, 3.63) is 36.2 Å². The molecule has 0 spiro atoms. The smallest absolute Gasteiger partial charge is 0.119 e. The van der Waals surface area contributed by atoms with Gasteiger partial charge in [-0.25, -0.2) is 4.68 Å². The first-order chi connectivity index (χ1) is 8.24. The molecular formula is C12H14ClN3O. The molecule has 0 aliphatic heterocycles. The van der Waals surface area contributed by atoms with Crippen molar-refractivity contribution in [1.82, 2.24) is 15.0 Å². The van der Waals surface area contributed by atoms with E-state index in [2.05, 4.69) is 10.3 Å². The number of methoxy groups -OCH3 is 1. The number of alkyl halides is 1. The van der Waals surface area contributed by atoms with Crippen LogP contribution in [0.1, 0.15) is 24.4 Å². The summed E-state index contributed by atoms with van der Waals surface area (Å²) in [5, 5.41) is 8.03. The molecule has 0 saturated carbocycles. The fourth-order valence-electron chi connectivity index (χ4n) is 1.49. The summed E-state index contributed by atoms with van der Waals surface area (Å²) in [6, 6.07) is 7.61. The Labute approximate surface area is 105 Å². The highest BCUT2D eigenvalue weighted by Crippen LogP contribution is 2.22. The second-order valence-corrected chi connectivity index (χ2v) is 4.19. The fraction of sp³-hybridized carbons (Fsp3) is 0.333. The summed E-state index contributed by atoms with van der Waals surface area (Å²) in [4.78, 5) is 0. The van der Waals surface area contributed by atoms with Gasteiger partial charge in [-0.3, -0.25) is 0 Å². The first-order valence-corrected chi connectivity index (χ1v) is 5.89. The third-order valence-corrected chi connectivity index (χ3v) is 3.06. The summed E-state index contributed by atoms with van der Waals surface area (Å²) in [7, 11) is 1.64. The lowest BCUT2D eigenvalue weighted by Crippen LogP contribution is -1.94. The lowest BCUT2D eigenvalue weighted by molar-refractivity contribution is 0.414. The molecule has 4 nitrogen and oxygen atoms in total. The van der Waals surface area contributed by atoms with E-state index in [1.165, 1.54) is 0 Å². The minimum Gasteiger partial charge on any atom is -0.497 e. The maximum atomic E-state index is 6.10. The molecule has 1 heterocycles. The lowest BCUT2D eigenvalue weighted by atomic mass is 10.2. The molecule has 0 fully saturated rings. The minimum atomic E-state index is -0.0815. The monoisotopic (exact) mass is 251 g/mol. The van der Waals surface area contributed by atoms with E-state index < -0.39 is 0 Å². The highest BCUT2D eigenvalue weighted by molar-refractivity contribution is 6.20. The van der Waals surface area contributed by atoms with Crippen LogP contribution in [0.15, 0.2) is 30.5 Å². The summed E-state index contributed by atoms with van der Waals surface area (Å²) in [5.41, 5.74) is 1.73. The largest absolute Gasteiger partial charge is 0.497 e. The van der Waals surface area contributed by atoms with Gasteiger partial charge in [-0.05, 0) is 30.7 Å². The molecule has 2 rings (SSSR count). The Kier molecular flexibility index (Phi) is 3.64. The molecule has 0 aliphatic carbocycles. The molecule has 5 heteroatoms. The maximum Gasteiger partial charge on any atom is 0.119 e. The van der Waals surface area contributed by atoms with Gasteiger partial charge in [0.25, 0.3) is 0 Å². The van der Waals surface area contributed by atoms with Gasteiger partial charge in [-0.2, -0.15) is 0 Å². The number of hydrogen-bond donors (Lipinski definition) is 0. The zero-order valence-corrected chi connectivity index (χ0v) is 10.6. The third-order valence-electron chi connectivity index (χ3n) is 2.53. The van der Waals surface area contributed by atoms with Gasteiger partial charge in [-0.1, -0.05) is 12.1 Å². The van der Waals surface area contributed by atoms with E-state index in [0.29, 0.717) is 0 Å². The second kappa shape index (κ2) is 5.19. The number of hydrogen-bond acceptors (Lipinski definition) is 3. The number of ether oxygens (including phenoxy) is 1. The van der Waals surface area contributed by atoms with Gasteiger partial charge in [0, 0.05) is 0 Å². The van der Waals surface area contributed by atoms with Gasteiger partial charge in [-0.15, -0.1) is 16.7 Å². The zero-order valence-electron chi connectivity index (χ0n) is 9.80. The molecule has 0 saturated heterocycles. The van der Waals surface area contributed by atoms with Crippen LogP contribution in [-0.2, 0) is 0 Å². The highest BCUT2D eigenvalue weighted by Gasteiger charge is 2.10. The Morgan fingerprint density at radius 2 is 2.06 bits per heavy atom. The normalized spacial score (nSPS) is 12.4. The number of rotatable bonds is 4. The third kappa shape index (κ3) is 2.58. The zero-order chi connectivity index (χ0) is 12.3. The summed E-state index contributed by atoms with van der Waals surface area (Å²) in [6.45, 7) is 2.02. The molecule has 1 atom stereocenters. The molecule has 1 aromatic heterocycles. The van der Waals surface area contributed by atoms with Crippen molar-refractivity contribution in [1.29, 1.82) is 0 Å². The Hall–Kier alpha value is -1.55. The van der Waals surface area contributed by atoms with Crippen LogP contribution in [0.4, 0.5) is 0 Å². The quantitative estimate of drug-likeness (QED) is 0.785. The molecule has 0 bridgehead atoms. The maximum absolute atomic E-state index is 6.10. The van der Waals surface area contributed by atoms with Crippen LogP contribution in [-0.4, -0.2) is 22.1 Å². The van der Waals surface area contributed by atoms with Gasteiger partial charge < -0.3 is 4.74 Å². The van der Waals surface area contributed by atoms with Crippen LogP contribution >= 0.6 is 11.6 Å². The lowest BCUT2D eigenvalue weighted by Gasteiger charge is -2.02. The van der Waals surface area contributed by atoms with Crippen LogP contribution in [0, 0.1) is 0 Å². The molecule has 90 valence electrons. The van der Waals surface area contributed by atoms with E-state index in [1.54, 1.807) is 11.8 Å². The van der Waals surface area contributed by atoms with E-state index in [9.17, 15) is 0 Å². The standard InChI is InChI=1S/C12H14ClN3O/c1-3-11(13)12-8-16(15-14-12)9-4-6-10(17-2)7-5-9/h4-8,11H,3H2,1-2H3. The minimum absolute atomic E-state index is 0.0815. The van der Waals surface area contributed by atoms with E-state index in [4.69, 9.17) is 16.3 Å². The number of halogens is 1. The topological polar surface area (TPSA) is 39.9 Å². The van der Waals surface area contributed by atoms with Gasteiger partial charge in [0.1, 0.15) is 11.4 Å². The van der Waals surface area contributed by atoms with Crippen molar-refractivity contribution in [2.24, 2.45) is 0 Å². The van der Waals surface area contributed by atoms with Crippen LogP contribution in [0.3, 0.4) is 0 Å². The second-order valence-electron chi connectivity index (χ2n) is 3.66. The summed E-state index contributed by atoms with van der Waals surface area (Å²) >= 11 is 6.10. The van der Waals surface area contributed by atoms with Gasteiger partial charge in [0.2, 0.25) is 0 Å².